The van der Waals surface area contributed by atoms with Gasteiger partial charge in [-0.1, -0.05) is 6.92 Å². The second-order valence-electron chi connectivity index (χ2n) is 4.74. The van der Waals surface area contributed by atoms with Gasteiger partial charge in [-0.05, 0) is 31.2 Å². The van der Waals surface area contributed by atoms with Crippen molar-refractivity contribution in [3.8, 4) is 0 Å². The third kappa shape index (κ3) is 3.41. The van der Waals surface area contributed by atoms with Gasteiger partial charge in [0.15, 0.2) is 0 Å². The molecule has 0 aromatic carbocycles. The quantitative estimate of drug-likeness (QED) is 0.654. The first-order valence-corrected chi connectivity index (χ1v) is 6.66. The Morgan fingerprint density at radius 3 is 2.95 bits per heavy atom. The summed E-state index contributed by atoms with van der Waals surface area (Å²) in [5.41, 5.74) is 0.0352. The number of nitrogens with zero attached hydrogens (tertiary/aromatic N) is 2. The molecule has 0 unspecified atom stereocenters. The van der Waals surface area contributed by atoms with E-state index >= 15 is 0 Å². The number of nitro groups is 1. The normalized spacial score (nSPS) is 17.9. The van der Waals surface area contributed by atoms with Crippen molar-refractivity contribution in [1.29, 1.82) is 0 Å². The fourth-order valence-corrected chi connectivity index (χ4v) is 2.50. The predicted molar refractivity (Wildman–Crippen MR) is 72.1 cm³/mol. The molecule has 0 aliphatic carbocycles. The molecule has 6 nitrogen and oxygen atoms in total. The van der Waals surface area contributed by atoms with Crippen LogP contribution < -0.4 is 5.32 Å². The van der Waals surface area contributed by atoms with Crippen LogP contribution in [0.1, 0.15) is 26.2 Å². The van der Waals surface area contributed by atoms with Crippen LogP contribution in [0.5, 0.6) is 0 Å². The molecule has 1 aliphatic rings. The van der Waals surface area contributed by atoms with Crippen molar-refractivity contribution >= 4 is 11.5 Å². The molecule has 6 heteroatoms. The lowest BCUT2D eigenvalue weighted by Crippen LogP contribution is -2.33. The number of nitrogens with one attached hydrogen (secondary N) is 1. The summed E-state index contributed by atoms with van der Waals surface area (Å²) in [5.74, 6) is 0.853. The van der Waals surface area contributed by atoms with E-state index in [1.165, 1.54) is 6.07 Å². The van der Waals surface area contributed by atoms with Crippen molar-refractivity contribution in [2.45, 2.75) is 32.2 Å². The van der Waals surface area contributed by atoms with Gasteiger partial charge in [0.25, 0.3) is 0 Å². The van der Waals surface area contributed by atoms with Crippen LogP contribution in [-0.4, -0.2) is 29.2 Å². The highest BCUT2D eigenvalue weighted by atomic mass is 16.6. The molecule has 1 saturated heterocycles. The summed E-state index contributed by atoms with van der Waals surface area (Å²) in [4.78, 5) is 14.7. The van der Waals surface area contributed by atoms with Crippen LogP contribution in [0, 0.1) is 16.0 Å². The van der Waals surface area contributed by atoms with Gasteiger partial charge in [-0.15, -0.1) is 0 Å². The molecule has 1 fully saturated rings. The van der Waals surface area contributed by atoms with Gasteiger partial charge >= 0.3 is 5.69 Å². The number of aromatic nitrogens is 1. The highest BCUT2D eigenvalue weighted by molar-refractivity contribution is 5.55. The summed E-state index contributed by atoms with van der Waals surface area (Å²) in [6, 6.07) is 3.27. The fourth-order valence-electron chi connectivity index (χ4n) is 2.50. The molecule has 2 rings (SSSR count). The Bertz CT molecular complexity index is 433. The molecule has 2 heterocycles. The lowest BCUT2D eigenvalue weighted by atomic mass is 9.90. The Morgan fingerprint density at radius 2 is 2.32 bits per heavy atom. The highest BCUT2D eigenvalue weighted by Crippen LogP contribution is 2.27. The van der Waals surface area contributed by atoms with Gasteiger partial charge in [-0.25, -0.2) is 4.98 Å². The molecule has 0 radical (unpaired) electrons. The molecule has 0 bridgehead atoms. The van der Waals surface area contributed by atoms with Gasteiger partial charge in [0.1, 0.15) is 0 Å². The maximum Gasteiger partial charge on any atom is 0.311 e. The maximum absolute atomic E-state index is 11.0. The Kier molecular flexibility index (Phi) is 4.68. The minimum Gasteiger partial charge on any atom is -0.381 e. The first-order chi connectivity index (χ1) is 9.22. The SMILES string of the molecule is CC[C@@H](Nc1ncccc1[N+](=O)[O-])C1CCOCC1. The molecule has 1 aromatic heterocycles. The van der Waals surface area contributed by atoms with E-state index in [4.69, 9.17) is 4.74 Å². The van der Waals surface area contributed by atoms with E-state index in [-0.39, 0.29) is 11.7 Å². The van der Waals surface area contributed by atoms with Crippen molar-refractivity contribution < 1.29 is 9.66 Å². The number of hydrogen-bond acceptors (Lipinski definition) is 5. The maximum atomic E-state index is 11.0. The van der Waals surface area contributed by atoms with E-state index in [0.29, 0.717) is 11.7 Å². The number of ether oxygens (including phenoxy) is 1. The smallest absolute Gasteiger partial charge is 0.311 e. The molecule has 19 heavy (non-hydrogen) atoms. The number of rotatable bonds is 5. The van der Waals surface area contributed by atoms with Gasteiger partial charge < -0.3 is 10.1 Å². The minimum absolute atomic E-state index is 0.0352. The van der Waals surface area contributed by atoms with Crippen molar-refractivity contribution in [2.24, 2.45) is 5.92 Å². The van der Waals surface area contributed by atoms with Gasteiger partial charge in [0.2, 0.25) is 5.82 Å². The van der Waals surface area contributed by atoms with Crippen LogP contribution in [0.3, 0.4) is 0 Å². The van der Waals surface area contributed by atoms with E-state index in [2.05, 4.69) is 17.2 Å². The molecule has 1 aliphatic heterocycles. The molecule has 104 valence electrons. The Labute approximate surface area is 112 Å². The second kappa shape index (κ2) is 6.47. The van der Waals surface area contributed by atoms with Gasteiger partial charge in [-0.2, -0.15) is 0 Å². The number of anilines is 1. The molecule has 1 atom stereocenters. The summed E-state index contributed by atoms with van der Waals surface area (Å²) in [5, 5.41) is 14.2. The zero-order chi connectivity index (χ0) is 13.7. The molecule has 1 aromatic rings. The summed E-state index contributed by atoms with van der Waals surface area (Å²) < 4.78 is 5.35. The molecule has 0 spiro atoms. The third-order valence-corrected chi connectivity index (χ3v) is 3.58. The largest absolute Gasteiger partial charge is 0.381 e. The molecule has 1 N–H and O–H groups in total. The van der Waals surface area contributed by atoms with E-state index in [0.717, 1.165) is 32.5 Å². The molecule has 0 saturated carbocycles. The third-order valence-electron chi connectivity index (χ3n) is 3.58. The molecular formula is C13H19N3O3. The zero-order valence-electron chi connectivity index (χ0n) is 11.0. The van der Waals surface area contributed by atoms with Crippen molar-refractivity contribution in [2.75, 3.05) is 18.5 Å². The predicted octanol–water partition coefficient (Wildman–Crippen LogP) is 2.61. The van der Waals surface area contributed by atoms with Crippen molar-refractivity contribution in [1.82, 2.24) is 4.98 Å². The topological polar surface area (TPSA) is 77.3 Å². The molecular weight excluding hydrogens is 246 g/mol. The standard InChI is InChI=1S/C13H19N3O3/c1-2-11(10-5-8-19-9-6-10)15-13-12(16(17)18)4-3-7-14-13/h3-4,7,10-11H,2,5-6,8-9H2,1H3,(H,14,15)/t11-/m1/s1. The number of hydrogen-bond donors (Lipinski definition) is 1. The Morgan fingerprint density at radius 1 is 1.58 bits per heavy atom. The molecule has 0 amide bonds. The Hall–Kier alpha value is -1.69. The monoisotopic (exact) mass is 265 g/mol. The van der Waals surface area contributed by atoms with E-state index in [1.54, 1.807) is 12.3 Å². The highest BCUT2D eigenvalue weighted by Gasteiger charge is 2.25. The van der Waals surface area contributed by atoms with Crippen molar-refractivity contribution in [3.63, 3.8) is 0 Å². The van der Waals surface area contributed by atoms with Crippen LogP contribution >= 0.6 is 0 Å². The van der Waals surface area contributed by atoms with Gasteiger partial charge in [0.05, 0.1) is 4.92 Å². The van der Waals surface area contributed by atoms with Crippen LogP contribution in [0.15, 0.2) is 18.3 Å². The first kappa shape index (κ1) is 13.7. The Balaban J connectivity index is 2.11. The summed E-state index contributed by atoms with van der Waals surface area (Å²) in [6.07, 6.45) is 4.47. The average molecular weight is 265 g/mol. The fraction of sp³-hybridized carbons (Fsp3) is 0.615. The second-order valence-corrected chi connectivity index (χ2v) is 4.74. The van der Waals surface area contributed by atoms with E-state index in [1.807, 2.05) is 0 Å². The summed E-state index contributed by atoms with van der Waals surface area (Å²) >= 11 is 0. The number of pyridine rings is 1. The lowest BCUT2D eigenvalue weighted by molar-refractivity contribution is -0.384. The van der Waals surface area contributed by atoms with Crippen molar-refractivity contribution in [3.05, 3.63) is 28.4 Å². The van der Waals surface area contributed by atoms with Gasteiger partial charge in [-0.3, -0.25) is 10.1 Å². The van der Waals surface area contributed by atoms with Crippen LogP contribution in [0.2, 0.25) is 0 Å². The summed E-state index contributed by atoms with van der Waals surface area (Å²) in [6.45, 7) is 3.63. The van der Waals surface area contributed by atoms with Crippen LogP contribution in [-0.2, 0) is 4.74 Å². The average Bonchev–Trinajstić information content (AvgIpc) is 2.46. The van der Waals surface area contributed by atoms with Crippen LogP contribution in [0.25, 0.3) is 0 Å². The first-order valence-electron chi connectivity index (χ1n) is 6.66. The zero-order valence-corrected chi connectivity index (χ0v) is 11.0. The van der Waals surface area contributed by atoms with E-state index in [9.17, 15) is 10.1 Å². The van der Waals surface area contributed by atoms with Crippen LogP contribution in [0.4, 0.5) is 11.5 Å². The summed E-state index contributed by atoms with van der Waals surface area (Å²) in [7, 11) is 0. The van der Waals surface area contributed by atoms with Gasteiger partial charge in [0, 0.05) is 31.5 Å². The van der Waals surface area contributed by atoms with E-state index < -0.39 is 4.92 Å². The lowest BCUT2D eigenvalue weighted by Gasteiger charge is -2.30. The minimum atomic E-state index is -0.397.